The highest BCUT2D eigenvalue weighted by molar-refractivity contribution is 5.79. The van der Waals surface area contributed by atoms with Crippen molar-refractivity contribution in [1.29, 1.82) is 0 Å². The van der Waals surface area contributed by atoms with Crippen molar-refractivity contribution in [2.45, 2.75) is 76.3 Å². The maximum absolute atomic E-state index is 12.7. The molecule has 0 aromatic carbocycles. The van der Waals surface area contributed by atoms with Crippen molar-refractivity contribution >= 4 is 11.8 Å². The van der Waals surface area contributed by atoms with Gasteiger partial charge in [-0.05, 0) is 68.9 Å². The molecule has 2 bridgehead atoms. The molecule has 3 N–H and O–H groups in total. The summed E-state index contributed by atoms with van der Waals surface area (Å²) in [5.74, 6) is 1.39. The second-order valence-corrected chi connectivity index (χ2v) is 9.38. The van der Waals surface area contributed by atoms with Crippen molar-refractivity contribution in [3.8, 4) is 0 Å². The maximum Gasteiger partial charge on any atom is 0.223 e. The number of rotatable bonds is 5. The third-order valence-corrected chi connectivity index (χ3v) is 7.64. The van der Waals surface area contributed by atoms with Gasteiger partial charge in [-0.15, -0.1) is 0 Å². The summed E-state index contributed by atoms with van der Waals surface area (Å²) in [6.45, 7) is 2.56. The van der Waals surface area contributed by atoms with E-state index in [1.54, 1.807) is 0 Å². The molecule has 2 amide bonds. The first-order chi connectivity index (χ1) is 14.2. The lowest BCUT2D eigenvalue weighted by Crippen LogP contribution is -2.66. The Morgan fingerprint density at radius 2 is 2.00 bits per heavy atom. The Hall–Kier alpha value is -1.89. The van der Waals surface area contributed by atoms with E-state index in [1.807, 2.05) is 0 Å². The summed E-state index contributed by atoms with van der Waals surface area (Å²) in [4.78, 5) is 27.5. The fraction of sp³-hybridized carbons (Fsp3) is 0.773. The molecule has 0 unspecified atom stereocenters. The van der Waals surface area contributed by atoms with Crippen LogP contribution in [0.2, 0.25) is 0 Å². The molecule has 7 heteroatoms. The van der Waals surface area contributed by atoms with Gasteiger partial charge in [-0.1, -0.05) is 0 Å². The molecule has 3 fully saturated rings. The molecular weight excluding hydrogens is 366 g/mol. The van der Waals surface area contributed by atoms with Crippen LogP contribution in [-0.4, -0.2) is 58.6 Å². The Balaban J connectivity index is 1.19. The van der Waals surface area contributed by atoms with Crippen LogP contribution in [-0.2, 0) is 28.9 Å². The van der Waals surface area contributed by atoms with Gasteiger partial charge in [0, 0.05) is 44.1 Å². The maximum atomic E-state index is 12.7. The van der Waals surface area contributed by atoms with Crippen LogP contribution in [0.15, 0.2) is 0 Å². The lowest BCUT2D eigenvalue weighted by molar-refractivity contribution is -0.149. The van der Waals surface area contributed by atoms with Crippen LogP contribution in [0.4, 0.5) is 0 Å². The molecule has 0 spiro atoms. The van der Waals surface area contributed by atoms with Gasteiger partial charge < -0.3 is 15.5 Å². The number of aryl methyl sites for hydroxylation is 2. The summed E-state index contributed by atoms with van der Waals surface area (Å²) in [7, 11) is 0. The van der Waals surface area contributed by atoms with Gasteiger partial charge in [0.1, 0.15) is 0 Å². The molecule has 158 valence electrons. The fourth-order valence-corrected chi connectivity index (χ4v) is 6.19. The molecule has 7 nitrogen and oxygen atoms in total. The van der Waals surface area contributed by atoms with Gasteiger partial charge >= 0.3 is 0 Å². The van der Waals surface area contributed by atoms with Crippen molar-refractivity contribution in [3.63, 3.8) is 0 Å². The van der Waals surface area contributed by atoms with Gasteiger partial charge in [-0.3, -0.25) is 14.7 Å². The van der Waals surface area contributed by atoms with E-state index in [0.29, 0.717) is 49.6 Å². The molecular formula is C22H33N5O2. The van der Waals surface area contributed by atoms with Crippen molar-refractivity contribution in [2.75, 3.05) is 19.6 Å². The summed E-state index contributed by atoms with van der Waals surface area (Å²) < 4.78 is 0. The smallest absolute Gasteiger partial charge is 0.223 e. The lowest BCUT2D eigenvalue weighted by atomic mass is 9.72. The van der Waals surface area contributed by atoms with E-state index in [0.717, 1.165) is 44.5 Å². The second-order valence-electron chi connectivity index (χ2n) is 9.38. The minimum absolute atomic E-state index is 0.0736. The van der Waals surface area contributed by atoms with Gasteiger partial charge in [0.2, 0.25) is 11.8 Å². The first-order valence-electron chi connectivity index (χ1n) is 11.5. The molecule has 1 aromatic rings. The Kier molecular flexibility index (Phi) is 5.33. The van der Waals surface area contributed by atoms with Crippen LogP contribution in [0.25, 0.3) is 0 Å². The van der Waals surface area contributed by atoms with Crippen LogP contribution in [0, 0.1) is 11.8 Å². The highest BCUT2D eigenvalue weighted by atomic mass is 16.2. The minimum atomic E-state index is 0.0736. The molecule has 1 aromatic heterocycles. The van der Waals surface area contributed by atoms with E-state index < -0.39 is 0 Å². The van der Waals surface area contributed by atoms with Crippen LogP contribution in [0.3, 0.4) is 0 Å². The molecule has 5 rings (SSSR count). The van der Waals surface area contributed by atoms with E-state index in [9.17, 15) is 9.59 Å². The molecule has 0 saturated carbocycles. The average Bonchev–Trinajstić information content (AvgIpc) is 3.16. The van der Waals surface area contributed by atoms with E-state index in [1.165, 1.54) is 30.5 Å². The third kappa shape index (κ3) is 3.69. The number of carbonyl (C=O) groups excluding carboxylic acids is 2. The molecule has 0 radical (unpaired) electrons. The number of fused-ring (bicyclic) bond motifs is 5. The Morgan fingerprint density at radius 3 is 2.93 bits per heavy atom. The van der Waals surface area contributed by atoms with Crippen molar-refractivity contribution in [2.24, 2.45) is 11.8 Å². The molecule has 1 aliphatic carbocycles. The predicted octanol–water partition coefficient (Wildman–Crippen LogP) is 1.33. The van der Waals surface area contributed by atoms with Crippen LogP contribution in [0.1, 0.15) is 61.9 Å². The second kappa shape index (κ2) is 8.09. The number of nitrogens with one attached hydrogen (secondary N) is 3. The number of aromatic nitrogens is 2. The van der Waals surface area contributed by atoms with Crippen LogP contribution < -0.4 is 10.6 Å². The topological polar surface area (TPSA) is 90.1 Å². The van der Waals surface area contributed by atoms with Gasteiger partial charge in [-0.25, -0.2) is 0 Å². The Bertz CT molecular complexity index is 775. The van der Waals surface area contributed by atoms with Crippen molar-refractivity contribution in [3.05, 3.63) is 17.0 Å². The zero-order valence-corrected chi connectivity index (χ0v) is 17.2. The molecule has 3 aliphatic heterocycles. The number of aromatic amines is 1. The molecule has 3 saturated heterocycles. The van der Waals surface area contributed by atoms with E-state index in [4.69, 9.17) is 0 Å². The summed E-state index contributed by atoms with van der Waals surface area (Å²) in [6, 6.07) is 0.497. The number of hydrogen-bond acceptors (Lipinski definition) is 4. The zero-order valence-electron chi connectivity index (χ0n) is 17.2. The minimum Gasteiger partial charge on any atom is -0.354 e. The quantitative estimate of drug-likeness (QED) is 0.697. The van der Waals surface area contributed by atoms with Gasteiger partial charge in [0.15, 0.2) is 0 Å². The number of amides is 2. The van der Waals surface area contributed by atoms with Crippen molar-refractivity contribution < 1.29 is 9.59 Å². The molecule has 29 heavy (non-hydrogen) atoms. The van der Waals surface area contributed by atoms with Gasteiger partial charge in [0.05, 0.1) is 11.7 Å². The monoisotopic (exact) mass is 399 g/mol. The first kappa shape index (κ1) is 19.1. The fourth-order valence-electron chi connectivity index (χ4n) is 6.19. The molecule has 4 atom stereocenters. The summed E-state index contributed by atoms with van der Waals surface area (Å²) in [6.07, 6.45) is 9.73. The van der Waals surface area contributed by atoms with E-state index in [2.05, 4.69) is 25.7 Å². The Labute approximate surface area is 172 Å². The van der Waals surface area contributed by atoms with E-state index in [-0.39, 0.29) is 11.9 Å². The lowest BCUT2D eigenvalue weighted by Gasteiger charge is -2.54. The molecule has 4 aliphatic rings. The summed E-state index contributed by atoms with van der Waals surface area (Å²) in [5.41, 5.74) is 3.68. The standard InChI is InChI=1S/C22H33N5O2/c28-21(9-8-18-16-4-1-2-5-17(16)25-26-18)24-13-20-15-10-14(11-23-12-15)19-6-3-7-22(29)27(19)20/h14-15,19-20,23H,1-13H2,(H,24,28)(H,25,26)/t14-,15+,19+,20+/m1/s1. The Morgan fingerprint density at radius 1 is 1.14 bits per heavy atom. The third-order valence-electron chi connectivity index (χ3n) is 7.64. The summed E-state index contributed by atoms with van der Waals surface area (Å²) in [5, 5.41) is 14.3. The summed E-state index contributed by atoms with van der Waals surface area (Å²) >= 11 is 0. The first-order valence-corrected chi connectivity index (χ1v) is 11.5. The number of carbonyl (C=O) groups is 2. The number of piperidine rings is 3. The van der Waals surface area contributed by atoms with Gasteiger partial charge in [-0.2, -0.15) is 5.10 Å². The average molecular weight is 400 g/mol. The van der Waals surface area contributed by atoms with Crippen LogP contribution >= 0.6 is 0 Å². The number of hydrogen-bond donors (Lipinski definition) is 3. The molecule has 4 heterocycles. The normalized spacial score (nSPS) is 31.2. The highest BCUT2D eigenvalue weighted by Gasteiger charge is 2.47. The predicted molar refractivity (Wildman–Crippen MR) is 109 cm³/mol. The largest absolute Gasteiger partial charge is 0.354 e. The van der Waals surface area contributed by atoms with Crippen LogP contribution in [0.5, 0.6) is 0 Å². The van der Waals surface area contributed by atoms with Crippen molar-refractivity contribution in [1.82, 2.24) is 25.7 Å². The highest BCUT2D eigenvalue weighted by Crippen LogP contribution is 2.39. The number of nitrogens with zero attached hydrogens (tertiary/aromatic N) is 2. The van der Waals surface area contributed by atoms with E-state index >= 15 is 0 Å². The van der Waals surface area contributed by atoms with Gasteiger partial charge in [0.25, 0.3) is 0 Å². The SMILES string of the molecule is O=C(CCc1n[nH]c2c1CCCC2)NC[C@H]1[C@@H]2CNC[C@@H](C2)[C@@H]2CCCC(=O)N21. The number of H-pyrrole nitrogens is 1. The zero-order chi connectivity index (χ0) is 19.8.